The first kappa shape index (κ1) is 12.9. The maximum atomic E-state index is 12.3. The van der Waals surface area contributed by atoms with Crippen molar-refractivity contribution in [1.82, 2.24) is 0 Å². The van der Waals surface area contributed by atoms with Crippen molar-refractivity contribution in [2.24, 2.45) is 5.92 Å². The molecule has 0 saturated carbocycles. The molecular weight excluding hydrogens is 244 g/mol. The van der Waals surface area contributed by atoms with Crippen molar-refractivity contribution in [3.05, 3.63) is 77.9 Å². The molecule has 1 aliphatic rings. The first-order valence-corrected chi connectivity index (χ1v) is 7.10. The lowest BCUT2D eigenvalue weighted by Gasteiger charge is -2.28. The third-order valence-electron chi connectivity index (χ3n) is 4.18. The topological polar surface area (TPSA) is 17.1 Å². The van der Waals surface area contributed by atoms with Crippen LogP contribution in [-0.2, 0) is 4.79 Å². The van der Waals surface area contributed by atoms with Crippen LogP contribution in [0.3, 0.4) is 0 Å². The summed E-state index contributed by atoms with van der Waals surface area (Å²) in [5.41, 5.74) is 3.58. The first-order valence-electron chi connectivity index (χ1n) is 7.10. The largest absolute Gasteiger partial charge is 0.295 e. The molecule has 0 unspecified atom stereocenters. The Hall–Kier alpha value is -2.15. The fourth-order valence-electron chi connectivity index (χ4n) is 2.93. The van der Waals surface area contributed by atoms with Crippen LogP contribution in [0.25, 0.3) is 5.57 Å². The van der Waals surface area contributed by atoms with E-state index in [1.165, 1.54) is 5.56 Å². The summed E-state index contributed by atoms with van der Waals surface area (Å²) in [5.74, 6) is 0.581. The standard InChI is InChI=1S/C19H18O/c1-14-18(16-10-6-3-7-11-16)12-17(13-19(14)20)15-8-4-2-5-9-15/h2-11,13-14,18H,12H2,1H3/t14-,18+/m0/s1. The van der Waals surface area contributed by atoms with Gasteiger partial charge >= 0.3 is 0 Å². The van der Waals surface area contributed by atoms with Crippen LogP contribution in [0.1, 0.15) is 30.4 Å². The number of rotatable bonds is 2. The number of carbonyl (C=O) groups excluding carboxylic acids is 1. The lowest BCUT2D eigenvalue weighted by atomic mass is 9.74. The molecule has 0 fully saturated rings. The number of benzene rings is 2. The monoisotopic (exact) mass is 262 g/mol. The van der Waals surface area contributed by atoms with Gasteiger partial charge in [-0.1, -0.05) is 67.6 Å². The smallest absolute Gasteiger partial charge is 0.159 e. The van der Waals surface area contributed by atoms with Crippen LogP contribution >= 0.6 is 0 Å². The van der Waals surface area contributed by atoms with Gasteiger partial charge in [-0.15, -0.1) is 0 Å². The Labute approximate surface area is 120 Å². The summed E-state index contributed by atoms with van der Waals surface area (Å²) in [4.78, 5) is 12.3. The molecule has 1 nitrogen and oxygen atoms in total. The van der Waals surface area contributed by atoms with Gasteiger partial charge < -0.3 is 0 Å². The molecular formula is C19H18O. The molecule has 0 bridgehead atoms. The minimum atomic E-state index is 0.0601. The van der Waals surface area contributed by atoms with Crippen molar-refractivity contribution in [2.45, 2.75) is 19.3 Å². The molecule has 0 radical (unpaired) electrons. The average molecular weight is 262 g/mol. The van der Waals surface area contributed by atoms with Gasteiger partial charge in [0.15, 0.2) is 5.78 Å². The number of hydrogen-bond donors (Lipinski definition) is 0. The van der Waals surface area contributed by atoms with Crippen molar-refractivity contribution in [2.75, 3.05) is 0 Å². The average Bonchev–Trinajstić information content (AvgIpc) is 2.51. The number of carbonyl (C=O) groups is 1. The predicted octanol–water partition coefficient (Wildman–Crippen LogP) is 4.46. The normalized spacial score (nSPS) is 22.4. The summed E-state index contributed by atoms with van der Waals surface area (Å²) in [6.45, 7) is 2.04. The van der Waals surface area contributed by atoms with Gasteiger partial charge in [0.05, 0.1) is 0 Å². The van der Waals surface area contributed by atoms with Crippen molar-refractivity contribution < 1.29 is 4.79 Å². The molecule has 0 spiro atoms. The second-order valence-corrected chi connectivity index (χ2v) is 5.45. The zero-order valence-electron chi connectivity index (χ0n) is 11.6. The summed E-state index contributed by atoms with van der Waals surface area (Å²) < 4.78 is 0. The number of allylic oxidation sites excluding steroid dienone is 2. The molecule has 1 heteroatoms. The second kappa shape index (κ2) is 5.46. The van der Waals surface area contributed by atoms with Crippen molar-refractivity contribution in [3.63, 3.8) is 0 Å². The summed E-state index contributed by atoms with van der Waals surface area (Å²) in [7, 11) is 0. The molecule has 0 heterocycles. The minimum Gasteiger partial charge on any atom is -0.295 e. The van der Waals surface area contributed by atoms with Crippen molar-refractivity contribution in [3.8, 4) is 0 Å². The first-order chi connectivity index (χ1) is 9.75. The van der Waals surface area contributed by atoms with Crippen LogP contribution in [0.4, 0.5) is 0 Å². The molecule has 0 amide bonds. The zero-order chi connectivity index (χ0) is 13.9. The Kier molecular flexibility index (Phi) is 3.51. The highest BCUT2D eigenvalue weighted by atomic mass is 16.1. The van der Waals surface area contributed by atoms with Gasteiger partial charge in [0.1, 0.15) is 0 Å². The number of hydrogen-bond acceptors (Lipinski definition) is 1. The molecule has 0 aliphatic heterocycles. The predicted molar refractivity (Wildman–Crippen MR) is 82.4 cm³/mol. The van der Waals surface area contributed by atoms with Gasteiger partial charge in [-0.3, -0.25) is 4.79 Å². The Balaban J connectivity index is 1.96. The molecule has 0 saturated heterocycles. The highest BCUT2D eigenvalue weighted by Gasteiger charge is 2.29. The van der Waals surface area contributed by atoms with Gasteiger partial charge in [0.2, 0.25) is 0 Å². The van der Waals surface area contributed by atoms with E-state index >= 15 is 0 Å². The zero-order valence-corrected chi connectivity index (χ0v) is 11.6. The highest BCUT2D eigenvalue weighted by Crippen LogP contribution is 2.39. The fourth-order valence-corrected chi connectivity index (χ4v) is 2.93. The Morgan fingerprint density at radius 2 is 1.50 bits per heavy atom. The third kappa shape index (κ3) is 2.44. The maximum absolute atomic E-state index is 12.3. The number of ketones is 1. The summed E-state index contributed by atoms with van der Waals surface area (Å²) in [6.07, 6.45) is 2.76. The van der Waals surface area contributed by atoms with E-state index in [-0.39, 0.29) is 17.6 Å². The van der Waals surface area contributed by atoms with E-state index in [0.717, 1.165) is 17.6 Å². The quantitative estimate of drug-likeness (QED) is 0.780. The van der Waals surface area contributed by atoms with Crippen LogP contribution in [0.2, 0.25) is 0 Å². The van der Waals surface area contributed by atoms with Crippen molar-refractivity contribution >= 4 is 11.4 Å². The van der Waals surface area contributed by atoms with E-state index in [9.17, 15) is 4.79 Å². The molecule has 0 aromatic heterocycles. The Bertz CT molecular complexity index is 625. The Morgan fingerprint density at radius 3 is 2.15 bits per heavy atom. The van der Waals surface area contributed by atoms with E-state index in [4.69, 9.17) is 0 Å². The van der Waals surface area contributed by atoms with Crippen LogP contribution in [0, 0.1) is 5.92 Å². The van der Waals surface area contributed by atoms with Gasteiger partial charge in [-0.2, -0.15) is 0 Å². The Morgan fingerprint density at radius 1 is 0.900 bits per heavy atom. The van der Waals surface area contributed by atoms with Crippen LogP contribution in [0.15, 0.2) is 66.7 Å². The van der Waals surface area contributed by atoms with Crippen LogP contribution < -0.4 is 0 Å². The third-order valence-corrected chi connectivity index (χ3v) is 4.18. The lowest BCUT2D eigenvalue weighted by Crippen LogP contribution is -2.23. The van der Waals surface area contributed by atoms with E-state index < -0.39 is 0 Å². The van der Waals surface area contributed by atoms with Gasteiger partial charge in [-0.25, -0.2) is 0 Å². The molecule has 1 aliphatic carbocycles. The molecule has 2 aromatic rings. The van der Waals surface area contributed by atoms with Crippen LogP contribution in [0.5, 0.6) is 0 Å². The maximum Gasteiger partial charge on any atom is 0.159 e. The minimum absolute atomic E-state index is 0.0601. The second-order valence-electron chi connectivity index (χ2n) is 5.45. The van der Waals surface area contributed by atoms with Gasteiger partial charge in [0, 0.05) is 5.92 Å². The van der Waals surface area contributed by atoms with Gasteiger partial charge in [0.25, 0.3) is 0 Å². The molecule has 20 heavy (non-hydrogen) atoms. The molecule has 0 N–H and O–H groups in total. The summed E-state index contributed by atoms with van der Waals surface area (Å²) in [5, 5.41) is 0. The summed E-state index contributed by atoms with van der Waals surface area (Å²) in [6, 6.07) is 20.6. The molecule has 2 atom stereocenters. The summed E-state index contributed by atoms with van der Waals surface area (Å²) >= 11 is 0. The SMILES string of the molecule is C[C@@H]1C(=O)C=C(c2ccccc2)C[C@H]1c1ccccc1. The van der Waals surface area contributed by atoms with E-state index in [1.807, 2.05) is 49.4 Å². The van der Waals surface area contributed by atoms with Gasteiger partial charge in [-0.05, 0) is 35.1 Å². The molecule has 3 rings (SSSR count). The molecule has 100 valence electrons. The lowest BCUT2D eigenvalue weighted by molar-refractivity contribution is -0.118. The van der Waals surface area contributed by atoms with E-state index in [2.05, 4.69) is 24.3 Å². The fraction of sp³-hybridized carbons (Fsp3) is 0.211. The van der Waals surface area contributed by atoms with Crippen LogP contribution in [-0.4, -0.2) is 5.78 Å². The van der Waals surface area contributed by atoms with Crippen molar-refractivity contribution in [1.29, 1.82) is 0 Å². The van der Waals surface area contributed by atoms with E-state index in [1.54, 1.807) is 0 Å². The molecule has 2 aromatic carbocycles. The highest BCUT2D eigenvalue weighted by molar-refractivity contribution is 6.00. The van der Waals surface area contributed by atoms with E-state index in [0.29, 0.717) is 0 Å².